The van der Waals surface area contributed by atoms with Gasteiger partial charge in [0.1, 0.15) is 6.61 Å². The van der Waals surface area contributed by atoms with E-state index in [9.17, 15) is 9.59 Å². The minimum atomic E-state index is -0.871. The van der Waals surface area contributed by atoms with Gasteiger partial charge >= 0.3 is 5.97 Å². The van der Waals surface area contributed by atoms with Crippen molar-refractivity contribution in [2.24, 2.45) is 0 Å². The highest BCUT2D eigenvalue weighted by atomic mass is 35.5. The normalized spacial score (nSPS) is 22.9. The Labute approximate surface area is 122 Å². The fourth-order valence-electron chi connectivity index (χ4n) is 2.16. The molecule has 0 aromatic heterocycles. The molecule has 5 nitrogen and oxygen atoms in total. The van der Waals surface area contributed by atoms with E-state index in [0.717, 1.165) is 5.69 Å². The maximum absolute atomic E-state index is 12.0. The molecule has 1 fully saturated rings. The zero-order valence-electron chi connectivity index (χ0n) is 11.1. The number of carboxylic acids is 1. The number of amides is 1. The van der Waals surface area contributed by atoms with Crippen LogP contribution in [-0.4, -0.2) is 35.7 Å². The van der Waals surface area contributed by atoms with Crippen molar-refractivity contribution in [3.8, 4) is 0 Å². The molecule has 1 saturated heterocycles. The fraction of sp³-hybridized carbons (Fsp3) is 0.429. The lowest BCUT2D eigenvalue weighted by atomic mass is 9.97. The van der Waals surface area contributed by atoms with Crippen molar-refractivity contribution in [1.82, 2.24) is 0 Å². The zero-order valence-corrected chi connectivity index (χ0v) is 11.9. The number of anilines is 1. The Hall–Kier alpha value is -1.59. The molecule has 0 saturated carbocycles. The molecule has 0 spiro atoms. The van der Waals surface area contributed by atoms with Crippen molar-refractivity contribution in [2.45, 2.75) is 25.4 Å². The van der Waals surface area contributed by atoms with Gasteiger partial charge in [0.15, 0.2) is 0 Å². The fourth-order valence-corrected chi connectivity index (χ4v) is 2.29. The van der Waals surface area contributed by atoms with Crippen LogP contribution in [0, 0.1) is 0 Å². The number of halogens is 1. The molecular formula is C14H16ClNO4. The van der Waals surface area contributed by atoms with Crippen molar-refractivity contribution in [3.63, 3.8) is 0 Å². The number of benzene rings is 1. The van der Waals surface area contributed by atoms with Crippen LogP contribution in [0.15, 0.2) is 24.3 Å². The molecule has 1 heterocycles. The van der Waals surface area contributed by atoms with Gasteiger partial charge in [-0.3, -0.25) is 9.59 Å². The first-order chi connectivity index (χ1) is 9.39. The Kier molecular flexibility index (Phi) is 4.30. The summed E-state index contributed by atoms with van der Waals surface area (Å²) in [6.07, 6.45) is 0.374. The van der Waals surface area contributed by atoms with E-state index in [4.69, 9.17) is 21.4 Å². The minimum Gasteiger partial charge on any atom is -0.481 e. The summed E-state index contributed by atoms with van der Waals surface area (Å²) in [6.45, 7) is 2.12. The predicted molar refractivity (Wildman–Crippen MR) is 75.0 cm³/mol. The van der Waals surface area contributed by atoms with E-state index in [1.54, 1.807) is 29.2 Å². The van der Waals surface area contributed by atoms with Crippen LogP contribution in [0.4, 0.5) is 5.69 Å². The maximum Gasteiger partial charge on any atom is 0.303 e. The SMILES string of the molecule is CC1(CCC(=O)O)CN(c2ccc(Cl)cc2)C(=O)CO1. The van der Waals surface area contributed by atoms with Crippen LogP contribution in [0.2, 0.25) is 5.02 Å². The molecule has 1 aromatic carbocycles. The van der Waals surface area contributed by atoms with Crippen LogP contribution in [0.25, 0.3) is 0 Å². The van der Waals surface area contributed by atoms with Crippen molar-refractivity contribution in [1.29, 1.82) is 0 Å². The Morgan fingerprint density at radius 1 is 1.45 bits per heavy atom. The van der Waals surface area contributed by atoms with Crippen molar-refractivity contribution < 1.29 is 19.4 Å². The predicted octanol–water partition coefficient (Wildman–Crippen LogP) is 2.33. The van der Waals surface area contributed by atoms with Gasteiger partial charge in [-0.1, -0.05) is 11.6 Å². The molecular weight excluding hydrogens is 282 g/mol. The van der Waals surface area contributed by atoms with Gasteiger partial charge in [-0.05, 0) is 37.6 Å². The molecule has 1 aliphatic rings. The van der Waals surface area contributed by atoms with Crippen molar-refractivity contribution in [3.05, 3.63) is 29.3 Å². The standard InChI is InChI=1S/C14H16ClNO4/c1-14(7-6-13(18)19)9-16(12(17)8-20-14)11-4-2-10(15)3-5-11/h2-5H,6-9H2,1H3,(H,18,19). The molecule has 0 aliphatic carbocycles. The van der Waals surface area contributed by atoms with Crippen molar-refractivity contribution >= 4 is 29.2 Å². The van der Waals surface area contributed by atoms with Crippen LogP contribution in [0.3, 0.4) is 0 Å². The van der Waals surface area contributed by atoms with Gasteiger partial charge < -0.3 is 14.7 Å². The number of carbonyl (C=O) groups is 2. The van der Waals surface area contributed by atoms with Crippen LogP contribution in [0.1, 0.15) is 19.8 Å². The van der Waals surface area contributed by atoms with Gasteiger partial charge in [0.25, 0.3) is 5.91 Å². The average molecular weight is 298 g/mol. The van der Waals surface area contributed by atoms with Gasteiger partial charge in [0.05, 0.1) is 12.1 Å². The number of morpholine rings is 1. The molecule has 6 heteroatoms. The summed E-state index contributed by atoms with van der Waals surface area (Å²) in [7, 11) is 0. The van der Waals surface area contributed by atoms with E-state index in [0.29, 0.717) is 18.0 Å². The van der Waals surface area contributed by atoms with Gasteiger partial charge in [0, 0.05) is 17.1 Å². The van der Waals surface area contributed by atoms with E-state index in [1.165, 1.54) is 0 Å². The molecule has 1 atom stereocenters. The summed E-state index contributed by atoms with van der Waals surface area (Å²) in [4.78, 5) is 24.3. The number of carbonyl (C=O) groups excluding carboxylic acids is 1. The second-order valence-corrected chi connectivity index (χ2v) is 5.53. The van der Waals surface area contributed by atoms with E-state index in [2.05, 4.69) is 0 Å². The summed E-state index contributed by atoms with van der Waals surface area (Å²) in [6, 6.07) is 6.97. The van der Waals surface area contributed by atoms with E-state index >= 15 is 0 Å². The number of hydrogen-bond acceptors (Lipinski definition) is 3. The highest BCUT2D eigenvalue weighted by molar-refractivity contribution is 6.30. The van der Waals surface area contributed by atoms with Crippen LogP contribution in [-0.2, 0) is 14.3 Å². The van der Waals surface area contributed by atoms with Gasteiger partial charge in [-0.25, -0.2) is 0 Å². The van der Waals surface area contributed by atoms with E-state index in [1.807, 2.05) is 6.92 Å². The molecule has 108 valence electrons. The lowest BCUT2D eigenvalue weighted by molar-refractivity contribution is -0.142. The lowest BCUT2D eigenvalue weighted by Gasteiger charge is -2.40. The average Bonchev–Trinajstić information content (AvgIpc) is 2.41. The Bertz CT molecular complexity index is 516. The van der Waals surface area contributed by atoms with E-state index < -0.39 is 11.6 Å². The molecule has 1 unspecified atom stereocenters. The highest BCUT2D eigenvalue weighted by Gasteiger charge is 2.36. The largest absolute Gasteiger partial charge is 0.481 e. The molecule has 0 radical (unpaired) electrons. The number of rotatable bonds is 4. The van der Waals surface area contributed by atoms with Crippen LogP contribution in [0.5, 0.6) is 0 Å². The Balaban J connectivity index is 2.13. The third kappa shape index (κ3) is 3.49. The van der Waals surface area contributed by atoms with Crippen LogP contribution >= 0.6 is 11.6 Å². The number of hydrogen-bond donors (Lipinski definition) is 1. The summed E-state index contributed by atoms with van der Waals surface area (Å²) in [5.74, 6) is -1.01. The molecule has 20 heavy (non-hydrogen) atoms. The van der Waals surface area contributed by atoms with Gasteiger partial charge in [-0.2, -0.15) is 0 Å². The second-order valence-electron chi connectivity index (χ2n) is 5.09. The minimum absolute atomic E-state index is 0.0130. The smallest absolute Gasteiger partial charge is 0.303 e. The third-order valence-electron chi connectivity index (χ3n) is 3.34. The molecule has 1 N–H and O–H groups in total. The molecule has 0 bridgehead atoms. The number of ether oxygens (including phenoxy) is 1. The van der Waals surface area contributed by atoms with Crippen LogP contribution < -0.4 is 4.90 Å². The molecule has 1 aliphatic heterocycles. The monoisotopic (exact) mass is 297 g/mol. The molecule has 1 amide bonds. The first kappa shape index (κ1) is 14.8. The summed E-state index contributed by atoms with van der Waals surface area (Å²) in [5.41, 5.74) is 0.0932. The second kappa shape index (κ2) is 5.81. The quantitative estimate of drug-likeness (QED) is 0.926. The first-order valence-corrected chi connectivity index (χ1v) is 6.69. The first-order valence-electron chi connectivity index (χ1n) is 6.31. The maximum atomic E-state index is 12.0. The highest BCUT2D eigenvalue weighted by Crippen LogP contribution is 2.28. The number of aliphatic carboxylic acids is 1. The summed E-state index contributed by atoms with van der Waals surface area (Å²) >= 11 is 5.83. The topological polar surface area (TPSA) is 66.8 Å². The molecule has 1 aromatic rings. The zero-order chi connectivity index (χ0) is 14.8. The van der Waals surface area contributed by atoms with Gasteiger partial charge in [-0.15, -0.1) is 0 Å². The van der Waals surface area contributed by atoms with Gasteiger partial charge in [0.2, 0.25) is 0 Å². The Morgan fingerprint density at radius 2 is 2.10 bits per heavy atom. The van der Waals surface area contributed by atoms with E-state index in [-0.39, 0.29) is 18.9 Å². The molecule has 2 rings (SSSR count). The summed E-state index contributed by atoms with van der Waals surface area (Å²) in [5, 5.41) is 9.37. The third-order valence-corrected chi connectivity index (χ3v) is 3.60. The lowest BCUT2D eigenvalue weighted by Crippen LogP contribution is -2.53. The van der Waals surface area contributed by atoms with Crippen molar-refractivity contribution in [2.75, 3.05) is 18.1 Å². The Morgan fingerprint density at radius 3 is 2.70 bits per heavy atom. The number of carboxylic acid groups (broad SMARTS) is 1. The number of nitrogens with zero attached hydrogens (tertiary/aromatic N) is 1. The summed E-state index contributed by atoms with van der Waals surface area (Å²) < 4.78 is 5.52.